The van der Waals surface area contributed by atoms with E-state index in [-0.39, 0.29) is 23.7 Å². The normalized spacial score (nSPS) is 22.5. The van der Waals surface area contributed by atoms with Gasteiger partial charge in [0.1, 0.15) is 5.82 Å². The molecule has 1 heterocycles. The standard InChI is InChI=1S/C18H27FN2O2/c1-17(2,3)12-20-13-18(23)9-4-10-21(16(18)22)11-14-5-7-15(19)8-6-14/h5-8,20,23H,4,9-13H2,1-3H3/t18-/m0/s1. The first-order chi connectivity index (χ1) is 10.7. The first-order valence-electron chi connectivity index (χ1n) is 8.17. The van der Waals surface area contributed by atoms with Crippen molar-refractivity contribution in [2.24, 2.45) is 5.41 Å². The minimum absolute atomic E-state index is 0.0991. The summed E-state index contributed by atoms with van der Waals surface area (Å²) in [7, 11) is 0. The van der Waals surface area contributed by atoms with E-state index in [1.165, 1.54) is 12.1 Å². The van der Waals surface area contributed by atoms with Crippen molar-refractivity contribution in [2.45, 2.75) is 45.8 Å². The minimum atomic E-state index is -1.34. The number of likely N-dealkylation sites (tertiary alicyclic amines) is 1. The Morgan fingerprint density at radius 2 is 1.96 bits per heavy atom. The average Bonchev–Trinajstić information content (AvgIpc) is 2.45. The molecule has 1 atom stereocenters. The summed E-state index contributed by atoms with van der Waals surface area (Å²) < 4.78 is 13.0. The van der Waals surface area contributed by atoms with Gasteiger partial charge in [-0.25, -0.2) is 4.39 Å². The lowest BCUT2D eigenvalue weighted by atomic mass is 9.90. The highest BCUT2D eigenvalue weighted by Crippen LogP contribution is 2.24. The van der Waals surface area contributed by atoms with Crippen LogP contribution in [0.3, 0.4) is 0 Å². The number of aliphatic hydroxyl groups is 1. The zero-order valence-electron chi connectivity index (χ0n) is 14.2. The molecule has 2 rings (SSSR count). The van der Waals surface area contributed by atoms with Crippen molar-refractivity contribution < 1.29 is 14.3 Å². The van der Waals surface area contributed by atoms with Gasteiger partial charge >= 0.3 is 0 Å². The molecule has 0 bridgehead atoms. The fourth-order valence-electron chi connectivity index (χ4n) is 2.83. The second-order valence-electron chi connectivity index (χ2n) is 7.65. The molecule has 1 aliphatic heterocycles. The van der Waals surface area contributed by atoms with E-state index < -0.39 is 5.60 Å². The Morgan fingerprint density at radius 1 is 1.30 bits per heavy atom. The Bertz CT molecular complexity index is 539. The first kappa shape index (κ1) is 17.9. The van der Waals surface area contributed by atoms with Crippen LogP contribution in [0.4, 0.5) is 4.39 Å². The quantitative estimate of drug-likeness (QED) is 0.875. The van der Waals surface area contributed by atoms with E-state index in [4.69, 9.17) is 0 Å². The number of carbonyl (C=O) groups excluding carboxylic acids is 1. The Labute approximate surface area is 137 Å². The lowest BCUT2D eigenvalue weighted by Gasteiger charge is -2.39. The van der Waals surface area contributed by atoms with Crippen LogP contribution >= 0.6 is 0 Å². The van der Waals surface area contributed by atoms with Crippen LogP contribution in [0.5, 0.6) is 0 Å². The highest BCUT2D eigenvalue weighted by Gasteiger charge is 2.41. The van der Waals surface area contributed by atoms with Gasteiger partial charge in [-0.2, -0.15) is 0 Å². The number of nitrogens with zero attached hydrogens (tertiary/aromatic N) is 1. The molecule has 0 radical (unpaired) electrons. The molecule has 1 saturated heterocycles. The number of rotatable bonds is 5. The number of benzene rings is 1. The zero-order valence-corrected chi connectivity index (χ0v) is 14.2. The van der Waals surface area contributed by atoms with Crippen LogP contribution in [0.15, 0.2) is 24.3 Å². The fraction of sp³-hybridized carbons (Fsp3) is 0.611. The summed E-state index contributed by atoms with van der Waals surface area (Å²) in [4.78, 5) is 14.3. The summed E-state index contributed by atoms with van der Waals surface area (Å²) in [6.45, 7) is 8.34. The number of halogens is 1. The van der Waals surface area contributed by atoms with Gasteiger partial charge in [-0.05, 0) is 36.0 Å². The molecule has 1 aliphatic rings. The van der Waals surface area contributed by atoms with Gasteiger partial charge in [0.2, 0.25) is 0 Å². The predicted octanol–water partition coefficient (Wildman–Crippen LogP) is 2.31. The molecular formula is C18H27FN2O2. The molecule has 0 saturated carbocycles. The van der Waals surface area contributed by atoms with Crippen molar-refractivity contribution in [3.8, 4) is 0 Å². The van der Waals surface area contributed by atoms with Gasteiger partial charge in [-0.15, -0.1) is 0 Å². The van der Waals surface area contributed by atoms with E-state index >= 15 is 0 Å². The summed E-state index contributed by atoms with van der Waals surface area (Å²) in [5.74, 6) is -0.531. The second kappa shape index (κ2) is 6.97. The Hall–Kier alpha value is -1.46. The van der Waals surface area contributed by atoms with Gasteiger partial charge in [0.25, 0.3) is 5.91 Å². The van der Waals surface area contributed by atoms with E-state index in [2.05, 4.69) is 26.1 Å². The van der Waals surface area contributed by atoms with Gasteiger partial charge in [0.05, 0.1) is 0 Å². The van der Waals surface area contributed by atoms with Crippen molar-refractivity contribution in [3.63, 3.8) is 0 Å². The summed E-state index contributed by atoms with van der Waals surface area (Å²) in [6.07, 6.45) is 1.24. The SMILES string of the molecule is CC(C)(C)CNC[C@@]1(O)CCCN(Cc2ccc(F)cc2)C1=O. The third-order valence-electron chi connectivity index (χ3n) is 4.06. The number of hydrogen-bond donors (Lipinski definition) is 2. The summed E-state index contributed by atoms with van der Waals surface area (Å²) in [5, 5.41) is 13.9. The van der Waals surface area contributed by atoms with Gasteiger partial charge < -0.3 is 15.3 Å². The Kier molecular flexibility index (Phi) is 5.42. The smallest absolute Gasteiger partial charge is 0.256 e. The predicted molar refractivity (Wildman–Crippen MR) is 88.3 cm³/mol. The average molecular weight is 322 g/mol. The topological polar surface area (TPSA) is 52.6 Å². The van der Waals surface area contributed by atoms with E-state index in [1.807, 2.05) is 0 Å². The van der Waals surface area contributed by atoms with Crippen LogP contribution < -0.4 is 5.32 Å². The van der Waals surface area contributed by atoms with Crippen LogP contribution in [0, 0.1) is 11.2 Å². The molecule has 1 aromatic rings. The van der Waals surface area contributed by atoms with Gasteiger partial charge in [-0.1, -0.05) is 32.9 Å². The molecule has 1 aromatic carbocycles. The molecule has 1 fully saturated rings. The van der Waals surface area contributed by atoms with Crippen LogP contribution in [-0.2, 0) is 11.3 Å². The molecule has 0 spiro atoms. The summed E-state index contributed by atoms with van der Waals surface area (Å²) in [5.41, 5.74) is -0.377. The Morgan fingerprint density at radius 3 is 2.57 bits per heavy atom. The molecule has 5 heteroatoms. The lowest BCUT2D eigenvalue weighted by Crippen LogP contribution is -2.58. The molecule has 1 amide bonds. The maximum Gasteiger partial charge on any atom is 0.256 e. The van der Waals surface area contributed by atoms with Crippen molar-refractivity contribution in [1.29, 1.82) is 0 Å². The maximum atomic E-state index is 13.0. The molecule has 0 aliphatic carbocycles. The largest absolute Gasteiger partial charge is 0.379 e. The Balaban J connectivity index is 1.97. The number of hydrogen-bond acceptors (Lipinski definition) is 3. The van der Waals surface area contributed by atoms with Crippen LogP contribution in [0.1, 0.15) is 39.2 Å². The molecule has 0 unspecified atom stereocenters. The van der Waals surface area contributed by atoms with Crippen molar-refractivity contribution in [1.82, 2.24) is 10.2 Å². The summed E-state index contributed by atoms with van der Waals surface area (Å²) >= 11 is 0. The fourth-order valence-corrected chi connectivity index (χ4v) is 2.83. The van der Waals surface area contributed by atoms with Crippen LogP contribution in [0.25, 0.3) is 0 Å². The molecule has 0 aromatic heterocycles. The van der Waals surface area contributed by atoms with Crippen molar-refractivity contribution in [3.05, 3.63) is 35.6 Å². The van der Waals surface area contributed by atoms with Crippen LogP contribution in [-0.4, -0.2) is 41.1 Å². The van der Waals surface area contributed by atoms with E-state index in [0.717, 1.165) is 18.5 Å². The highest BCUT2D eigenvalue weighted by atomic mass is 19.1. The monoisotopic (exact) mass is 322 g/mol. The minimum Gasteiger partial charge on any atom is -0.379 e. The first-order valence-corrected chi connectivity index (χ1v) is 8.17. The molecule has 4 nitrogen and oxygen atoms in total. The van der Waals surface area contributed by atoms with E-state index in [0.29, 0.717) is 19.5 Å². The molecule has 23 heavy (non-hydrogen) atoms. The third-order valence-corrected chi connectivity index (χ3v) is 4.06. The maximum absolute atomic E-state index is 13.0. The molecular weight excluding hydrogens is 295 g/mol. The van der Waals surface area contributed by atoms with Gasteiger partial charge in [0.15, 0.2) is 5.60 Å². The second-order valence-corrected chi connectivity index (χ2v) is 7.65. The van der Waals surface area contributed by atoms with Gasteiger partial charge in [-0.3, -0.25) is 4.79 Å². The van der Waals surface area contributed by atoms with Gasteiger partial charge in [0, 0.05) is 26.2 Å². The highest BCUT2D eigenvalue weighted by molar-refractivity contribution is 5.86. The zero-order chi connectivity index (χ0) is 17.1. The van der Waals surface area contributed by atoms with Crippen LogP contribution in [0.2, 0.25) is 0 Å². The van der Waals surface area contributed by atoms with E-state index in [9.17, 15) is 14.3 Å². The number of piperidine rings is 1. The molecule has 128 valence electrons. The third kappa shape index (κ3) is 5.01. The van der Waals surface area contributed by atoms with E-state index in [1.54, 1.807) is 17.0 Å². The number of amides is 1. The lowest BCUT2D eigenvalue weighted by molar-refractivity contribution is -0.157. The number of carbonyl (C=O) groups is 1. The van der Waals surface area contributed by atoms with Crippen molar-refractivity contribution >= 4 is 5.91 Å². The number of nitrogens with one attached hydrogen (secondary N) is 1. The summed E-state index contributed by atoms with van der Waals surface area (Å²) in [6, 6.07) is 6.13. The van der Waals surface area contributed by atoms with Crippen molar-refractivity contribution in [2.75, 3.05) is 19.6 Å². The molecule has 2 N–H and O–H groups in total.